The van der Waals surface area contributed by atoms with Gasteiger partial charge in [-0.3, -0.25) is 0 Å². The number of halogens is 2. The van der Waals surface area contributed by atoms with Crippen LogP contribution in [-0.2, 0) is 0 Å². The number of nitrogens with two attached hydrogens (primary N) is 1. The van der Waals surface area contributed by atoms with Crippen LogP contribution in [0.3, 0.4) is 0 Å². The predicted octanol–water partition coefficient (Wildman–Crippen LogP) is 2.52. The minimum atomic E-state index is 0.132. The van der Waals surface area contributed by atoms with Gasteiger partial charge in [0.05, 0.1) is 5.52 Å². The van der Waals surface area contributed by atoms with Crippen LogP contribution in [0.25, 0.3) is 10.9 Å². The van der Waals surface area contributed by atoms with Crippen molar-refractivity contribution in [3.63, 3.8) is 0 Å². The molecule has 0 saturated heterocycles. The van der Waals surface area contributed by atoms with Gasteiger partial charge in [-0.15, -0.1) is 0 Å². The zero-order chi connectivity index (χ0) is 9.42. The molecule has 0 aliphatic rings. The molecule has 3 nitrogen and oxygen atoms in total. The van der Waals surface area contributed by atoms with E-state index in [1.165, 1.54) is 0 Å². The van der Waals surface area contributed by atoms with E-state index in [9.17, 15) is 0 Å². The highest BCUT2D eigenvalue weighted by atomic mass is 35.5. The topological polar surface area (TPSA) is 51.8 Å². The summed E-state index contributed by atoms with van der Waals surface area (Å²) in [6.45, 7) is 0. The first-order valence-electron chi connectivity index (χ1n) is 3.55. The molecule has 0 fully saturated rings. The highest BCUT2D eigenvalue weighted by Crippen LogP contribution is 2.22. The van der Waals surface area contributed by atoms with Gasteiger partial charge in [-0.2, -0.15) is 0 Å². The molecule has 2 N–H and O–H groups in total. The van der Waals surface area contributed by atoms with Crippen LogP contribution in [0.1, 0.15) is 0 Å². The lowest BCUT2D eigenvalue weighted by Crippen LogP contribution is -1.94. The van der Waals surface area contributed by atoms with Crippen molar-refractivity contribution in [3.8, 4) is 0 Å². The Morgan fingerprint density at radius 1 is 1.15 bits per heavy atom. The molecule has 2 aromatic rings. The molecule has 2 rings (SSSR count). The maximum absolute atomic E-state index is 5.78. The van der Waals surface area contributed by atoms with Gasteiger partial charge < -0.3 is 5.73 Å². The molecule has 1 heterocycles. The number of nitrogens with zero attached hydrogens (tertiary/aromatic N) is 2. The Labute approximate surface area is 84.5 Å². The number of nitrogen functional groups attached to an aromatic ring is 1. The Hall–Kier alpha value is -1.06. The highest BCUT2D eigenvalue weighted by Gasteiger charge is 2.03. The molecule has 0 unspecified atom stereocenters. The zero-order valence-electron chi connectivity index (χ0n) is 6.46. The van der Waals surface area contributed by atoms with Crippen molar-refractivity contribution in [3.05, 3.63) is 28.5 Å². The number of benzene rings is 1. The lowest BCUT2D eigenvalue weighted by molar-refractivity contribution is 1.23. The number of aromatic nitrogens is 2. The molecule has 0 amide bonds. The second-order valence-corrected chi connectivity index (χ2v) is 3.31. The van der Waals surface area contributed by atoms with E-state index >= 15 is 0 Å². The van der Waals surface area contributed by atoms with Crippen molar-refractivity contribution < 1.29 is 0 Å². The molecule has 0 atom stereocenters. The fraction of sp³-hybridized carbons (Fsp3) is 0. The number of hydrogen-bond acceptors (Lipinski definition) is 3. The Morgan fingerprint density at radius 2 is 1.92 bits per heavy atom. The third kappa shape index (κ3) is 1.53. The standard InChI is InChI=1S/C8H5Cl2N3/c9-4-1-2-5-6(3-4)12-8(10)13-7(5)11/h1-3H,(H2,11,12,13). The summed E-state index contributed by atoms with van der Waals surface area (Å²) in [5.74, 6) is 0.367. The number of rotatable bonds is 0. The fourth-order valence-electron chi connectivity index (χ4n) is 1.10. The van der Waals surface area contributed by atoms with Gasteiger partial charge in [0.25, 0.3) is 0 Å². The third-order valence-corrected chi connectivity index (χ3v) is 2.07. The van der Waals surface area contributed by atoms with Crippen LogP contribution < -0.4 is 5.73 Å². The largest absolute Gasteiger partial charge is 0.383 e. The van der Waals surface area contributed by atoms with Gasteiger partial charge in [0, 0.05) is 10.4 Å². The molecule has 0 saturated carbocycles. The first-order chi connectivity index (χ1) is 6.16. The summed E-state index contributed by atoms with van der Waals surface area (Å²) in [4.78, 5) is 7.81. The lowest BCUT2D eigenvalue weighted by Gasteiger charge is -2.00. The van der Waals surface area contributed by atoms with Crippen LogP contribution in [0.2, 0.25) is 10.3 Å². The molecule has 0 aliphatic carbocycles. The van der Waals surface area contributed by atoms with Gasteiger partial charge in [0.15, 0.2) is 0 Å². The first-order valence-corrected chi connectivity index (χ1v) is 4.31. The Morgan fingerprint density at radius 3 is 2.69 bits per heavy atom. The summed E-state index contributed by atoms with van der Waals surface area (Å²) in [5.41, 5.74) is 6.29. The molecule has 0 radical (unpaired) electrons. The average Bonchev–Trinajstić information content (AvgIpc) is 2.02. The quantitative estimate of drug-likeness (QED) is 0.685. The molecule has 1 aromatic carbocycles. The minimum Gasteiger partial charge on any atom is -0.383 e. The van der Waals surface area contributed by atoms with E-state index in [1.54, 1.807) is 18.2 Å². The van der Waals surface area contributed by atoms with E-state index in [0.717, 1.165) is 5.39 Å². The Kier molecular flexibility index (Phi) is 1.98. The summed E-state index contributed by atoms with van der Waals surface area (Å²) in [5, 5.41) is 1.49. The van der Waals surface area contributed by atoms with Crippen molar-refractivity contribution in [2.24, 2.45) is 0 Å². The van der Waals surface area contributed by atoms with E-state index in [1.807, 2.05) is 0 Å². The van der Waals surface area contributed by atoms with Crippen LogP contribution in [0, 0.1) is 0 Å². The molecule has 5 heteroatoms. The number of anilines is 1. The number of fused-ring (bicyclic) bond motifs is 1. The second kappa shape index (κ2) is 3.01. The maximum atomic E-state index is 5.78. The van der Waals surface area contributed by atoms with Crippen molar-refractivity contribution >= 4 is 39.9 Å². The van der Waals surface area contributed by atoms with Gasteiger partial charge in [-0.1, -0.05) is 11.6 Å². The summed E-state index contributed by atoms with van der Waals surface area (Å²) in [7, 11) is 0. The normalized spacial score (nSPS) is 10.6. The predicted molar refractivity (Wildman–Crippen MR) is 54.0 cm³/mol. The Balaban J connectivity index is 2.86. The van der Waals surface area contributed by atoms with Crippen LogP contribution in [0.5, 0.6) is 0 Å². The maximum Gasteiger partial charge on any atom is 0.224 e. The summed E-state index contributed by atoms with van der Waals surface area (Å²) >= 11 is 11.4. The SMILES string of the molecule is Nc1nc(Cl)nc2cc(Cl)ccc12. The molecule has 0 bridgehead atoms. The molecule has 0 aliphatic heterocycles. The van der Waals surface area contributed by atoms with Crippen molar-refractivity contribution in [2.75, 3.05) is 5.73 Å². The van der Waals surface area contributed by atoms with Crippen LogP contribution in [-0.4, -0.2) is 9.97 Å². The van der Waals surface area contributed by atoms with Gasteiger partial charge in [-0.25, -0.2) is 9.97 Å². The summed E-state index contributed by atoms with van der Waals surface area (Å²) in [6, 6.07) is 5.20. The van der Waals surface area contributed by atoms with Crippen molar-refractivity contribution in [1.29, 1.82) is 0 Å². The average molecular weight is 214 g/mol. The highest BCUT2D eigenvalue weighted by molar-refractivity contribution is 6.31. The van der Waals surface area contributed by atoms with E-state index in [4.69, 9.17) is 28.9 Å². The second-order valence-electron chi connectivity index (χ2n) is 2.54. The first kappa shape index (κ1) is 8.53. The van der Waals surface area contributed by atoms with Crippen LogP contribution in [0.4, 0.5) is 5.82 Å². The fourth-order valence-corrected chi connectivity index (χ4v) is 1.45. The molecular weight excluding hydrogens is 209 g/mol. The van der Waals surface area contributed by atoms with E-state index in [0.29, 0.717) is 16.4 Å². The van der Waals surface area contributed by atoms with Gasteiger partial charge in [0.1, 0.15) is 5.82 Å². The van der Waals surface area contributed by atoms with Crippen molar-refractivity contribution in [1.82, 2.24) is 9.97 Å². The van der Waals surface area contributed by atoms with Crippen LogP contribution in [0.15, 0.2) is 18.2 Å². The zero-order valence-corrected chi connectivity index (χ0v) is 7.97. The van der Waals surface area contributed by atoms with Gasteiger partial charge in [0.2, 0.25) is 5.28 Å². The summed E-state index contributed by atoms with van der Waals surface area (Å²) < 4.78 is 0. The van der Waals surface area contributed by atoms with Crippen LogP contribution >= 0.6 is 23.2 Å². The minimum absolute atomic E-state index is 0.132. The molecule has 1 aromatic heterocycles. The Bertz CT molecular complexity index is 465. The van der Waals surface area contributed by atoms with Gasteiger partial charge in [-0.05, 0) is 29.8 Å². The third-order valence-electron chi connectivity index (χ3n) is 1.66. The summed E-state index contributed by atoms with van der Waals surface area (Å²) in [6.07, 6.45) is 0. The van der Waals surface area contributed by atoms with Gasteiger partial charge >= 0.3 is 0 Å². The van der Waals surface area contributed by atoms with E-state index < -0.39 is 0 Å². The monoisotopic (exact) mass is 213 g/mol. The van der Waals surface area contributed by atoms with E-state index in [2.05, 4.69) is 9.97 Å². The molecule has 66 valence electrons. The van der Waals surface area contributed by atoms with Crippen molar-refractivity contribution in [2.45, 2.75) is 0 Å². The van der Waals surface area contributed by atoms with E-state index in [-0.39, 0.29) is 5.28 Å². The smallest absolute Gasteiger partial charge is 0.224 e. The molecular formula is C8H5Cl2N3. The molecule has 13 heavy (non-hydrogen) atoms. The molecule has 0 spiro atoms. The lowest BCUT2D eigenvalue weighted by atomic mass is 10.2. The number of hydrogen-bond donors (Lipinski definition) is 1.